The van der Waals surface area contributed by atoms with Crippen molar-refractivity contribution in [1.29, 1.82) is 0 Å². The SMILES string of the molecule is C/C(CC(=O)Nc1ccc(OCc2ccccc2)cc1)=N/NC(=O)COc1ccc(Cl)cc1Cl. The second kappa shape index (κ2) is 12.6. The number of benzene rings is 3. The molecule has 0 unspecified atom stereocenters. The smallest absolute Gasteiger partial charge is 0.277 e. The van der Waals surface area contributed by atoms with Crippen LogP contribution in [0.4, 0.5) is 5.69 Å². The molecule has 0 radical (unpaired) electrons. The predicted octanol–water partition coefficient (Wildman–Crippen LogP) is 5.47. The van der Waals surface area contributed by atoms with Crippen LogP contribution in [0.25, 0.3) is 0 Å². The fraction of sp³-hybridized carbons (Fsp3) is 0.160. The van der Waals surface area contributed by atoms with Crippen LogP contribution in [-0.4, -0.2) is 24.1 Å². The molecular formula is C25H23Cl2N3O4. The fourth-order valence-electron chi connectivity index (χ4n) is 2.78. The number of nitrogens with one attached hydrogen (secondary N) is 2. The van der Waals surface area contributed by atoms with E-state index in [1.54, 1.807) is 43.3 Å². The van der Waals surface area contributed by atoms with Crippen molar-refractivity contribution in [3.8, 4) is 11.5 Å². The van der Waals surface area contributed by atoms with Crippen molar-refractivity contribution in [2.45, 2.75) is 20.0 Å². The van der Waals surface area contributed by atoms with Crippen LogP contribution < -0.4 is 20.2 Å². The number of hydrogen-bond acceptors (Lipinski definition) is 5. The molecule has 0 saturated heterocycles. The lowest BCUT2D eigenvalue weighted by Gasteiger charge is -2.09. The maximum Gasteiger partial charge on any atom is 0.277 e. The molecule has 2 N–H and O–H groups in total. The third-order valence-corrected chi connectivity index (χ3v) is 4.96. The molecule has 0 aromatic heterocycles. The van der Waals surface area contributed by atoms with E-state index < -0.39 is 5.91 Å². The van der Waals surface area contributed by atoms with Gasteiger partial charge in [-0.15, -0.1) is 0 Å². The minimum Gasteiger partial charge on any atom is -0.489 e. The summed E-state index contributed by atoms with van der Waals surface area (Å²) in [6.45, 7) is 1.81. The van der Waals surface area contributed by atoms with Gasteiger partial charge in [0.25, 0.3) is 5.91 Å². The molecule has 0 fully saturated rings. The molecule has 3 rings (SSSR count). The molecule has 2 amide bonds. The van der Waals surface area contributed by atoms with E-state index in [-0.39, 0.29) is 18.9 Å². The Kier molecular flexibility index (Phi) is 9.31. The molecule has 9 heteroatoms. The Bertz CT molecular complexity index is 1150. The quantitative estimate of drug-likeness (QED) is 0.285. The van der Waals surface area contributed by atoms with Crippen molar-refractivity contribution in [1.82, 2.24) is 5.43 Å². The summed E-state index contributed by atoms with van der Waals surface area (Å²) in [6.07, 6.45) is 0.0103. The monoisotopic (exact) mass is 499 g/mol. The highest BCUT2D eigenvalue weighted by molar-refractivity contribution is 6.35. The number of amides is 2. The molecule has 34 heavy (non-hydrogen) atoms. The van der Waals surface area contributed by atoms with Crippen LogP contribution in [0, 0.1) is 0 Å². The number of nitrogens with zero attached hydrogens (tertiary/aromatic N) is 1. The van der Waals surface area contributed by atoms with Gasteiger partial charge in [0, 0.05) is 16.4 Å². The molecule has 0 atom stereocenters. The van der Waals surface area contributed by atoms with Gasteiger partial charge in [-0.2, -0.15) is 5.10 Å². The molecule has 0 saturated carbocycles. The van der Waals surface area contributed by atoms with Crippen LogP contribution in [0.1, 0.15) is 18.9 Å². The normalized spacial score (nSPS) is 11.0. The average Bonchev–Trinajstić information content (AvgIpc) is 2.82. The summed E-state index contributed by atoms with van der Waals surface area (Å²) in [5, 5.41) is 7.47. The Hall–Kier alpha value is -3.55. The van der Waals surface area contributed by atoms with Crippen LogP contribution in [0.15, 0.2) is 77.9 Å². The molecule has 176 valence electrons. The minimum absolute atomic E-state index is 0.0103. The lowest BCUT2D eigenvalue weighted by atomic mass is 10.2. The van der Waals surface area contributed by atoms with Crippen molar-refractivity contribution in [3.63, 3.8) is 0 Å². The molecule has 0 bridgehead atoms. The topological polar surface area (TPSA) is 89.0 Å². The number of ether oxygens (including phenoxy) is 2. The van der Waals surface area contributed by atoms with E-state index in [4.69, 9.17) is 32.7 Å². The lowest BCUT2D eigenvalue weighted by Crippen LogP contribution is -2.26. The molecule has 7 nitrogen and oxygen atoms in total. The molecule has 0 aliphatic carbocycles. The van der Waals surface area contributed by atoms with Gasteiger partial charge in [0.15, 0.2) is 6.61 Å². The number of rotatable bonds is 10. The lowest BCUT2D eigenvalue weighted by molar-refractivity contribution is -0.123. The van der Waals surface area contributed by atoms with Gasteiger partial charge < -0.3 is 14.8 Å². The third kappa shape index (κ3) is 8.42. The maximum atomic E-state index is 12.3. The van der Waals surface area contributed by atoms with Gasteiger partial charge in [-0.3, -0.25) is 9.59 Å². The number of anilines is 1. The van der Waals surface area contributed by atoms with Crippen LogP contribution in [-0.2, 0) is 16.2 Å². The van der Waals surface area contributed by atoms with E-state index in [0.717, 1.165) is 5.56 Å². The van der Waals surface area contributed by atoms with Crippen molar-refractivity contribution < 1.29 is 19.1 Å². The molecule has 3 aromatic carbocycles. The highest BCUT2D eigenvalue weighted by Crippen LogP contribution is 2.27. The van der Waals surface area contributed by atoms with Crippen molar-refractivity contribution >= 4 is 46.4 Å². The van der Waals surface area contributed by atoms with Crippen LogP contribution >= 0.6 is 23.2 Å². The van der Waals surface area contributed by atoms with Gasteiger partial charge in [0.05, 0.1) is 11.4 Å². The Morgan fingerprint density at radius 2 is 1.65 bits per heavy atom. The standard InChI is InChI=1S/C25H23Cl2N3O4/c1-17(29-30-25(32)16-34-23-12-7-19(26)14-22(23)27)13-24(31)28-20-8-10-21(11-9-20)33-15-18-5-3-2-4-6-18/h2-12,14H,13,15-16H2,1H3,(H,28,31)(H,30,32)/b29-17-. The van der Waals surface area contributed by atoms with E-state index in [1.807, 2.05) is 30.3 Å². The first-order valence-corrected chi connectivity index (χ1v) is 11.1. The van der Waals surface area contributed by atoms with E-state index in [9.17, 15) is 9.59 Å². The average molecular weight is 500 g/mol. The highest BCUT2D eigenvalue weighted by Gasteiger charge is 2.08. The first-order chi connectivity index (χ1) is 16.4. The number of hydrazone groups is 1. The Morgan fingerprint density at radius 3 is 2.35 bits per heavy atom. The van der Waals surface area contributed by atoms with Gasteiger partial charge in [-0.05, 0) is 55.0 Å². The van der Waals surface area contributed by atoms with Gasteiger partial charge in [-0.25, -0.2) is 5.43 Å². The molecule has 0 spiro atoms. The molecule has 0 aliphatic heterocycles. The molecule has 3 aromatic rings. The van der Waals surface area contributed by atoms with Crippen molar-refractivity contribution in [2.24, 2.45) is 5.10 Å². The number of hydrogen-bond donors (Lipinski definition) is 2. The summed E-state index contributed by atoms with van der Waals surface area (Å²) in [6, 6.07) is 21.6. The summed E-state index contributed by atoms with van der Waals surface area (Å²) in [5.41, 5.74) is 4.47. The summed E-state index contributed by atoms with van der Waals surface area (Å²) in [4.78, 5) is 24.2. The first-order valence-electron chi connectivity index (χ1n) is 10.4. The van der Waals surface area contributed by atoms with Gasteiger partial charge in [0.1, 0.15) is 18.1 Å². The van der Waals surface area contributed by atoms with Crippen molar-refractivity contribution in [2.75, 3.05) is 11.9 Å². The summed E-state index contributed by atoms with van der Waals surface area (Å²) >= 11 is 11.8. The van der Waals surface area contributed by atoms with Gasteiger partial charge in [0.2, 0.25) is 5.91 Å². The zero-order valence-corrected chi connectivity index (χ0v) is 19.9. The first kappa shape index (κ1) is 25.1. The van der Waals surface area contributed by atoms with Gasteiger partial charge in [-0.1, -0.05) is 53.5 Å². The zero-order valence-electron chi connectivity index (χ0n) is 18.4. The largest absolute Gasteiger partial charge is 0.489 e. The van der Waals surface area contributed by atoms with Crippen LogP contribution in [0.5, 0.6) is 11.5 Å². The Labute approximate surface area is 207 Å². The van der Waals surface area contributed by atoms with E-state index in [2.05, 4.69) is 15.8 Å². The highest BCUT2D eigenvalue weighted by atomic mass is 35.5. The van der Waals surface area contributed by atoms with Crippen LogP contribution in [0.2, 0.25) is 10.0 Å². The second-order valence-corrected chi connectivity index (χ2v) is 8.11. The van der Waals surface area contributed by atoms with Crippen molar-refractivity contribution in [3.05, 3.63) is 88.4 Å². The van der Waals surface area contributed by atoms with E-state index in [1.165, 1.54) is 6.07 Å². The minimum atomic E-state index is -0.489. The summed E-state index contributed by atoms with van der Waals surface area (Å²) < 4.78 is 11.1. The van der Waals surface area contributed by atoms with E-state index in [0.29, 0.717) is 39.6 Å². The van der Waals surface area contributed by atoms with Crippen LogP contribution in [0.3, 0.4) is 0 Å². The van der Waals surface area contributed by atoms with Gasteiger partial charge >= 0.3 is 0 Å². The molecule has 0 heterocycles. The fourth-order valence-corrected chi connectivity index (χ4v) is 3.24. The molecule has 0 aliphatic rings. The maximum absolute atomic E-state index is 12.3. The second-order valence-electron chi connectivity index (χ2n) is 7.27. The number of carbonyl (C=O) groups excluding carboxylic acids is 2. The molecular weight excluding hydrogens is 477 g/mol. The summed E-state index contributed by atoms with van der Waals surface area (Å²) in [7, 11) is 0. The number of carbonyl (C=O) groups is 2. The summed E-state index contributed by atoms with van der Waals surface area (Å²) in [5.74, 6) is 0.275. The Balaban J connectivity index is 1.39. The zero-order chi connectivity index (χ0) is 24.3. The number of halogens is 2. The van der Waals surface area contributed by atoms with E-state index >= 15 is 0 Å². The predicted molar refractivity (Wildman–Crippen MR) is 134 cm³/mol. The Morgan fingerprint density at radius 1 is 0.912 bits per heavy atom. The third-order valence-electron chi connectivity index (χ3n) is 4.43.